The van der Waals surface area contributed by atoms with E-state index in [0.29, 0.717) is 17.1 Å². The number of carbonyl (C=O) groups is 1. The van der Waals surface area contributed by atoms with Gasteiger partial charge in [-0.25, -0.2) is 0 Å². The van der Waals surface area contributed by atoms with E-state index in [1.165, 1.54) is 5.56 Å². The fourth-order valence-electron chi connectivity index (χ4n) is 2.10. The zero-order chi connectivity index (χ0) is 14.7. The van der Waals surface area contributed by atoms with Crippen LogP contribution in [-0.2, 0) is 17.8 Å². The third-order valence-electron chi connectivity index (χ3n) is 3.13. The molecule has 2 rings (SSSR count). The fourth-order valence-corrected chi connectivity index (χ4v) is 2.38. The van der Waals surface area contributed by atoms with E-state index in [1.807, 2.05) is 43.5 Å². The molecule has 106 valence electrons. The minimum absolute atomic E-state index is 0.0966. The molecule has 20 heavy (non-hydrogen) atoms. The van der Waals surface area contributed by atoms with E-state index in [4.69, 9.17) is 12.2 Å². The Morgan fingerprint density at radius 3 is 2.85 bits per heavy atom. The lowest BCUT2D eigenvalue weighted by atomic mass is 10.1. The Kier molecular flexibility index (Phi) is 4.34. The van der Waals surface area contributed by atoms with Gasteiger partial charge in [0.25, 0.3) is 0 Å². The van der Waals surface area contributed by atoms with Crippen LogP contribution < -0.4 is 5.32 Å². The van der Waals surface area contributed by atoms with Crippen LogP contribution in [0.3, 0.4) is 0 Å². The number of nitrogens with one attached hydrogen (secondary N) is 2. The van der Waals surface area contributed by atoms with Crippen LogP contribution in [0.15, 0.2) is 18.2 Å². The average Bonchev–Trinajstić information content (AvgIpc) is 2.73. The summed E-state index contributed by atoms with van der Waals surface area (Å²) in [5.74, 6) is 0.556. The molecule has 1 heterocycles. The second-order valence-electron chi connectivity index (χ2n) is 4.73. The third-order valence-corrected chi connectivity index (χ3v) is 3.44. The fraction of sp³-hybridized carbons (Fsp3) is 0.357. The van der Waals surface area contributed by atoms with Crippen molar-refractivity contribution in [1.82, 2.24) is 14.8 Å². The Morgan fingerprint density at radius 2 is 2.20 bits per heavy atom. The maximum absolute atomic E-state index is 12.1. The summed E-state index contributed by atoms with van der Waals surface area (Å²) in [6.07, 6.45) is 0.203. The van der Waals surface area contributed by atoms with E-state index in [9.17, 15) is 4.79 Å². The van der Waals surface area contributed by atoms with E-state index in [-0.39, 0.29) is 12.3 Å². The molecule has 2 aromatic rings. The average molecular weight is 290 g/mol. The van der Waals surface area contributed by atoms with Gasteiger partial charge in [-0.15, -0.1) is 0 Å². The standard InChI is InChI=1S/C14H18N4OS/c1-4-18-12(16-17-14(18)20)8-13(19)15-11-6-5-9(2)7-10(11)3/h5-7H,4,8H2,1-3H3,(H,15,19)(H,17,20). The molecule has 0 bridgehead atoms. The lowest BCUT2D eigenvalue weighted by molar-refractivity contribution is -0.115. The molecule has 0 atom stereocenters. The first-order valence-electron chi connectivity index (χ1n) is 6.52. The number of benzene rings is 1. The number of anilines is 1. The van der Waals surface area contributed by atoms with Crippen LogP contribution in [-0.4, -0.2) is 20.7 Å². The molecular formula is C14H18N4OS. The summed E-state index contributed by atoms with van der Waals surface area (Å²) in [5, 5.41) is 9.71. The van der Waals surface area contributed by atoms with E-state index >= 15 is 0 Å². The van der Waals surface area contributed by atoms with Gasteiger partial charge in [-0.1, -0.05) is 17.7 Å². The number of hydrogen-bond acceptors (Lipinski definition) is 3. The smallest absolute Gasteiger partial charge is 0.232 e. The number of aromatic nitrogens is 3. The molecule has 1 amide bonds. The van der Waals surface area contributed by atoms with Crippen LogP contribution in [0.25, 0.3) is 0 Å². The van der Waals surface area contributed by atoms with Crippen molar-refractivity contribution in [2.24, 2.45) is 0 Å². The zero-order valence-corrected chi connectivity index (χ0v) is 12.7. The molecule has 0 unspecified atom stereocenters. The molecule has 0 radical (unpaired) electrons. The molecule has 0 aliphatic rings. The summed E-state index contributed by atoms with van der Waals surface area (Å²) in [5.41, 5.74) is 3.05. The molecule has 0 spiro atoms. The van der Waals surface area contributed by atoms with Gasteiger partial charge < -0.3 is 9.88 Å². The maximum Gasteiger partial charge on any atom is 0.232 e. The molecule has 6 heteroatoms. The van der Waals surface area contributed by atoms with Gasteiger partial charge in [0.05, 0.1) is 6.42 Å². The Balaban J connectivity index is 2.11. The third kappa shape index (κ3) is 3.14. The molecule has 0 saturated carbocycles. The molecule has 0 aliphatic heterocycles. The van der Waals surface area contributed by atoms with Crippen molar-refractivity contribution in [2.75, 3.05) is 5.32 Å². The Hall–Kier alpha value is -1.95. The highest BCUT2D eigenvalue weighted by molar-refractivity contribution is 7.71. The first kappa shape index (κ1) is 14.5. The van der Waals surface area contributed by atoms with Gasteiger partial charge in [-0.05, 0) is 44.6 Å². The highest BCUT2D eigenvalue weighted by atomic mass is 32.1. The summed E-state index contributed by atoms with van der Waals surface area (Å²) in [4.78, 5) is 12.1. The van der Waals surface area contributed by atoms with Gasteiger partial charge in [0.15, 0.2) is 4.77 Å². The summed E-state index contributed by atoms with van der Waals surface area (Å²) in [6.45, 7) is 6.67. The largest absolute Gasteiger partial charge is 0.325 e. The lowest BCUT2D eigenvalue weighted by Crippen LogP contribution is -2.18. The first-order chi connectivity index (χ1) is 9.51. The normalized spacial score (nSPS) is 10.6. The van der Waals surface area contributed by atoms with Gasteiger partial charge in [-0.2, -0.15) is 5.10 Å². The van der Waals surface area contributed by atoms with Gasteiger partial charge in [0, 0.05) is 12.2 Å². The molecule has 1 aromatic heterocycles. The highest BCUT2D eigenvalue weighted by Crippen LogP contribution is 2.16. The highest BCUT2D eigenvalue weighted by Gasteiger charge is 2.11. The van der Waals surface area contributed by atoms with E-state index < -0.39 is 0 Å². The molecular weight excluding hydrogens is 272 g/mol. The summed E-state index contributed by atoms with van der Waals surface area (Å²) < 4.78 is 2.36. The maximum atomic E-state index is 12.1. The number of rotatable bonds is 4. The van der Waals surface area contributed by atoms with Gasteiger partial charge in [0.1, 0.15) is 5.82 Å². The number of carbonyl (C=O) groups excluding carboxylic acids is 1. The number of amides is 1. The summed E-state index contributed by atoms with van der Waals surface area (Å²) in [7, 11) is 0. The lowest BCUT2D eigenvalue weighted by Gasteiger charge is -2.09. The van der Waals surface area contributed by atoms with E-state index in [2.05, 4.69) is 15.5 Å². The topological polar surface area (TPSA) is 62.7 Å². The van der Waals surface area contributed by atoms with Crippen molar-refractivity contribution in [2.45, 2.75) is 33.7 Å². The van der Waals surface area contributed by atoms with Crippen molar-refractivity contribution in [3.8, 4) is 0 Å². The molecule has 0 aliphatic carbocycles. The van der Waals surface area contributed by atoms with Crippen molar-refractivity contribution >= 4 is 23.8 Å². The zero-order valence-electron chi connectivity index (χ0n) is 11.9. The molecule has 0 fully saturated rings. The quantitative estimate of drug-likeness (QED) is 0.851. The number of aromatic amines is 1. The van der Waals surface area contributed by atoms with Crippen LogP contribution in [0.5, 0.6) is 0 Å². The molecule has 1 aromatic carbocycles. The number of hydrogen-bond donors (Lipinski definition) is 2. The number of nitrogens with zero attached hydrogens (tertiary/aromatic N) is 2. The van der Waals surface area contributed by atoms with E-state index in [0.717, 1.165) is 11.3 Å². The Labute approximate surface area is 123 Å². The molecule has 2 N–H and O–H groups in total. The minimum Gasteiger partial charge on any atom is -0.325 e. The van der Waals surface area contributed by atoms with Gasteiger partial charge in [0.2, 0.25) is 5.91 Å². The van der Waals surface area contributed by atoms with E-state index in [1.54, 1.807) is 0 Å². The number of H-pyrrole nitrogens is 1. The van der Waals surface area contributed by atoms with Crippen molar-refractivity contribution in [3.05, 3.63) is 39.9 Å². The van der Waals surface area contributed by atoms with Gasteiger partial charge >= 0.3 is 0 Å². The predicted octanol–water partition coefficient (Wildman–Crippen LogP) is 2.76. The first-order valence-corrected chi connectivity index (χ1v) is 6.93. The van der Waals surface area contributed by atoms with Gasteiger partial charge in [-0.3, -0.25) is 9.89 Å². The Morgan fingerprint density at radius 1 is 1.45 bits per heavy atom. The second-order valence-corrected chi connectivity index (χ2v) is 5.12. The number of aryl methyl sites for hydroxylation is 2. The van der Waals surface area contributed by atoms with Crippen molar-refractivity contribution in [1.29, 1.82) is 0 Å². The molecule has 5 nitrogen and oxygen atoms in total. The van der Waals surface area contributed by atoms with Crippen LogP contribution in [0, 0.1) is 18.6 Å². The van der Waals surface area contributed by atoms with Crippen molar-refractivity contribution < 1.29 is 4.79 Å². The molecule has 0 saturated heterocycles. The Bertz CT molecular complexity index is 687. The summed E-state index contributed by atoms with van der Waals surface area (Å²) in [6, 6.07) is 5.93. The minimum atomic E-state index is -0.0966. The van der Waals surface area contributed by atoms with Crippen LogP contribution in [0.4, 0.5) is 5.69 Å². The van der Waals surface area contributed by atoms with Crippen LogP contribution >= 0.6 is 12.2 Å². The SMILES string of the molecule is CCn1c(CC(=O)Nc2ccc(C)cc2C)n[nH]c1=S. The predicted molar refractivity (Wildman–Crippen MR) is 81.3 cm³/mol. The van der Waals surface area contributed by atoms with Crippen LogP contribution in [0.1, 0.15) is 23.9 Å². The van der Waals surface area contributed by atoms with Crippen molar-refractivity contribution in [3.63, 3.8) is 0 Å². The monoisotopic (exact) mass is 290 g/mol. The summed E-state index contributed by atoms with van der Waals surface area (Å²) >= 11 is 5.10. The second kappa shape index (κ2) is 6.00. The van der Waals surface area contributed by atoms with Crippen LogP contribution in [0.2, 0.25) is 0 Å².